The highest BCUT2D eigenvalue weighted by Gasteiger charge is 2.39. The molecular weight excluding hydrogens is 817 g/mol. The molecular formula is C57H66N6O3. The maximum absolute atomic E-state index is 14.2. The summed E-state index contributed by atoms with van der Waals surface area (Å²) >= 11 is 0. The summed E-state index contributed by atoms with van der Waals surface area (Å²) in [6, 6.07) is 31.1. The Hall–Kier alpha value is -6.48. The summed E-state index contributed by atoms with van der Waals surface area (Å²) in [4.78, 5) is 56.8. The van der Waals surface area contributed by atoms with Gasteiger partial charge in [0, 0.05) is 34.4 Å². The molecule has 9 heteroatoms. The number of aryl methyl sites for hydroxylation is 3. The van der Waals surface area contributed by atoms with Gasteiger partial charge in [0.1, 0.15) is 0 Å². The number of pyridine rings is 3. The molecule has 0 saturated heterocycles. The van der Waals surface area contributed by atoms with Crippen LogP contribution in [0.3, 0.4) is 0 Å². The van der Waals surface area contributed by atoms with E-state index in [2.05, 4.69) is 151 Å². The van der Waals surface area contributed by atoms with Gasteiger partial charge in [-0.3, -0.25) is 29.3 Å². The Morgan fingerprint density at radius 2 is 0.636 bits per heavy atom. The van der Waals surface area contributed by atoms with Crippen LogP contribution in [0.2, 0.25) is 0 Å². The number of nitrogens with one attached hydrogen (secondary N) is 3. The van der Waals surface area contributed by atoms with Gasteiger partial charge >= 0.3 is 0 Å². The smallest absolute Gasteiger partial charge is 0.227 e. The van der Waals surface area contributed by atoms with Crippen LogP contribution in [0.25, 0.3) is 33.8 Å². The van der Waals surface area contributed by atoms with Crippen LogP contribution in [-0.2, 0) is 30.6 Å². The first-order chi connectivity index (χ1) is 31.0. The van der Waals surface area contributed by atoms with E-state index in [0.717, 1.165) is 50.5 Å². The van der Waals surface area contributed by atoms with Gasteiger partial charge in [-0.25, -0.2) is 0 Å². The number of nitrogens with zero attached hydrogens (tertiary/aromatic N) is 3. The van der Waals surface area contributed by atoms with E-state index in [4.69, 9.17) is 15.0 Å². The Balaban J connectivity index is 1.09. The van der Waals surface area contributed by atoms with Crippen LogP contribution in [0.1, 0.15) is 115 Å². The van der Waals surface area contributed by atoms with Gasteiger partial charge in [-0.15, -0.1) is 0 Å². The molecule has 1 aliphatic carbocycles. The molecule has 3 heterocycles. The molecule has 6 aromatic rings. The number of benzene rings is 3. The molecule has 0 bridgehead atoms. The lowest BCUT2D eigenvalue weighted by Gasteiger charge is -2.33. The van der Waals surface area contributed by atoms with E-state index in [0.29, 0.717) is 17.1 Å². The molecule has 66 heavy (non-hydrogen) atoms. The SMILES string of the molecule is Cc1cc(NC(=O)C2CC(C(=O)Nc3cnc(-c4ccc(C(C)(C)C)cc4)c(C)c3)CC(C(=O)Nc3cnc(-c4ccc(C(C)(C)C)cc4)c(C)c3)C2)cnc1-c1ccc(C(C)(C)C)cc1. The van der Waals surface area contributed by atoms with Crippen LogP contribution in [0.5, 0.6) is 0 Å². The van der Waals surface area contributed by atoms with Crippen molar-refractivity contribution in [1.82, 2.24) is 15.0 Å². The van der Waals surface area contributed by atoms with Gasteiger partial charge < -0.3 is 16.0 Å². The molecule has 0 unspecified atom stereocenters. The first-order valence-corrected chi connectivity index (χ1v) is 23.2. The van der Waals surface area contributed by atoms with Crippen LogP contribution < -0.4 is 16.0 Å². The van der Waals surface area contributed by atoms with Gasteiger partial charge in [-0.05, 0) is 108 Å². The van der Waals surface area contributed by atoms with Crippen LogP contribution >= 0.6 is 0 Å². The number of carbonyl (C=O) groups is 3. The van der Waals surface area contributed by atoms with Crippen LogP contribution in [-0.4, -0.2) is 32.7 Å². The lowest BCUT2D eigenvalue weighted by atomic mass is 9.74. The molecule has 1 saturated carbocycles. The van der Waals surface area contributed by atoms with E-state index < -0.39 is 17.8 Å². The standard InChI is InChI=1S/C57H66N6O3/c1-34-25-46(31-58-49(34)37-13-19-43(20-14-37)55(4,5)6)61-52(64)40-28-41(53(65)62-47-26-35(2)50(59-32-47)38-15-21-44(22-16-38)56(7,8)9)30-42(29-40)54(66)63-48-27-36(3)51(60-33-48)39-17-23-45(24-18-39)57(10,11)12/h13-27,31-33,40-42H,28-30H2,1-12H3,(H,61,64)(H,62,65)(H,63,66). The summed E-state index contributed by atoms with van der Waals surface area (Å²) in [5.74, 6) is -2.63. The van der Waals surface area contributed by atoms with Crippen molar-refractivity contribution < 1.29 is 14.4 Å². The summed E-state index contributed by atoms with van der Waals surface area (Å²) in [6.45, 7) is 25.6. The average molecular weight is 883 g/mol. The van der Waals surface area contributed by atoms with Gasteiger partial charge in [-0.1, -0.05) is 135 Å². The molecule has 0 spiro atoms. The van der Waals surface area contributed by atoms with Gasteiger partial charge in [0.15, 0.2) is 0 Å². The van der Waals surface area contributed by atoms with E-state index in [1.165, 1.54) is 16.7 Å². The third-order valence-electron chi connectivity index (χ3n) is 12.9. The molecule has 1 fully saturated rings. The van der Waals surface area contributed by atoms with Crippen molar-refractivity contribution in [2.45, 2.75) is 119 Å². The largest absolute Gasteiger partial charge is 0.324 e. The molecule has 0 atom stereocenters. The molecule has 0 radical (unpaired) electrons. The minimum Gasteiger partial charge on any atom is -0.324 e. The lowest BCUT2D eigenvalue weighted by molar-refractivity contribution is -0.129. The Bertz CT molecular complexity index is 2430. The normalized spacial score (nSPS) is 16.6. The van der Waals surface area contributed by atoms with E-state index in [1.807, 2.05) is 39.0 Å². The fourth-order valence-corrected chi connectivity index (χ4v) is 8.91. The maximum Gasteiger partial charge on any atom is 0.227 e. The number of hydrogen-bond acceptors (Lipinski definition) is 6. The van der Waals surface area contributed by atoms with Crippen molar-refractivity contribution in [2.75, 3.05) is 16.0 Å². The number of rotatable bonds is 9. The van der Waals surface area contributed by atoms with Crippen molar-refractivity contribution in [3.63, 3.8) is 0 Å². The zero-order chi connectivity index (χ0) is 47.7. The molecule has 9 nitrogen and oxygen atoms in total. The quantitative estimate of drug-likeness (QED) is 0.133. The molecule has 3 N–H and O–H groups in total. The topological polar surface area (TPSA) is 126 Å². The summed E-state index contributed by atoms with van der Waals surface area (Å²) in [6.07, 6.45) is 5.85. The van der Waals surface area contributed by atoms with Crippen LogP contribution in [0, 0.1) is 38.5 Å². The Morgan fingerprint density at radius 3 is 0.833 bits per heavy atom. The number of aromatic nitrogens is 3. The second-order valence-corrected chi connectivity index (χ2v) is 21.4. The van der Waals surface area contributed by atoms with Gasteiger partial charge in [0.2, 0.25) is 17.7 Å². The maximum atomic E-state index is 14.2. The van der Waals surface area contributed by atoms with Crippen LogP contribution in [0.4, 0.5) is 17.1 Å². The predicted molar refractivity (Wildman–Crippen MR) is 270 cm³/mol. The second-order valence-electron chi connectivity index (χ2n) is 21.4. The molecule has 3 aromatic carbocycles. The number of carbonyl (C=O) groups excluding carboxylic acids is 3. The molecule has 3 amide bonds. The summed E-state index contributed by atoms with van der Waals surface area (Å²) in [5, 5.41) is 9.23. The first-order valence-electron chi connectivity index (χ1n) is 23.2. The third kappa shape index (κ3) is 11.1. The van der Waals surface area contributed by atoms with Gasteiger partial charge in [0.05, 0.1) is 52.7 Å². The molecule has 3 aromatic heterocycles. The fraction of sp³-hybridized carbons (Fsp3) is 0.368. The summed E-state index contributed by atoms with van der Waals surface area (Å²) in [7, 11) is 0. The monoisotopic (exact) mass is 883 g/mol. The third-order valence-corrected chi connectivity index (χ3v) is 12.9. The molecule has 0 aliphatic heterocycles. The number of amides is 3. The number of hydrogen-bond donors (Lipinski definition) is 3. The van der Waals surface area contributed by atoms with Crippen molar-refractivity contribution in [1.29, 1.82) is 0 Å². The Kier molecular flexibility index (Phi) is 13.5. The zero-order valence-corrected chi connectivity index (χ0v) is 40.8. The molecule has 342 valence electrons. The fourth-order valence-electron chi connectivity index (χ4n) is 8.91. The predicted octanol–water partition coefficient (Wildman–Crippen LogP) is 12.9. The Morgan fingerprint density at radius 1 is 0.409 bits per heavy atom. The highest BCUT2D eigenvalue weighted by Crippen LogP contribution is 2.37. The number of anilines is 3. The highest BCUT2D eigenvalue weighted by molar-refractivity contribution is 5.98. The highest BCUT2D eigenvalue weighted by atomic mass is 16.2. The summed E-state index contributed by atoms with van der Waals surface area (Å²) < 4.78 is 0. The van der Waals surface area contributed by atoms with E-state index >= 15 is 0 Å². The van der Waals surface area contributed by atoms with Crippen molar-refractivity contribution >= 4 is 34.8 Å². The minimum atomic E-state index is -0.619. The average Bonchev–Trinajstić information content (AvgIpc) is 3.25. The summed E-state index contributed by atoms with van der Waals surface area (Å²) in [5.41, 5.74) is 13.8. The van der Waals surface area contributed by atoms with E-state index in [9.17, 15) is 14.4 Å². The van der Waals surface area contributed by atoms with Crippen LogP contribution in [0.15, 0.2) is 110 Å². The minimum absolute atomic E-state index is 0.0386. The molecule has 1 aliphatic rings. The van der Waals surface area contributed by atoms with E-state index in [-0.39, 0.29) is 53.2 Å². The lowest BCUT2D eigenvalue weighted by Crippen LogP contribution is -2.40. The van der Waals surface area contributed by atoms with Gasteiger partial charge in [0.25, 0.3) is 0 Å². The van der Waals surface area contributed by atoms with Crippen molar-refractivity contribution in [3.8, 4) is 33.8 Å². The Labute approximate surface area is 391 Å². The van der Waals surface area contributed by atoms with Crippen molar-refractivity contribution in [3.05, 3.63) is 143 Å². The van der Waals surface area contributed by atoms with Crippen molar-refractivity contribution in [2.24, 2.45) is 17.8 Å². The van der Waals surface area contributed by atoms with Gasteiger partial charge in [-0.2, -0.15) is 0 Å². The first kappa shape index (κ1) is 47.5. The zero-order valence-electron chi connectivity index (χ0n) is 40.8. The second kappa shape index (κ2) is 18.8. The molecule has 7 rings (SSSR count). The van der Waals surface area contributed by atoms with E-state index in [1.54, 1.807) is 18.6 Å².